The van der Waals surface area contributed by atoms with E-state index in [-0.39, 0.29) is 24.3 Å². The van der Waals surface area contributed by atoms with Gasteiger partial charge in [0.05, 0.1) is 13.2 Å². The van der Waals surface area contributed by atoms with Crippen LogP contribution in [0, 0.1) is 0 Å². The lowest BCUT2D eigenvalue weighted by Crippen LogP contribution is -2.65. The Bertz CT molecular complexity index is 568. The number of amides is 2. The fourth-order valence-corrected chi connectivity index (χ4v) is 2.83. The molecule has 1 fully saturated rings. The number of hydrogen-bond acceptors (Lipinski definition) is 3. The smallest absolute Gasteiger partial charge is 0.245 e. The third kappa shape index (κ3) is 1.94. The van der Waals surface area contributed by atoms with Crippen molar-refractivity contribution >= 4 is 11.8 Å². The lowest BCUT2D eigenvalue weighted by Gasteiger charge is -2.42. The van der Waals surface area contributed by atoms with E-state index in [9.17, 15) is 9.59 Å². The molecule has 1 unspecified atom stereocenters. The van der Waals surface area contributed by atoms with Crippen LogP contribution in [0.2, 0.25) is 0 Å². The minimum Gasteiger partial charge on any atom is -0.493 e. The number of hydrogen-bond donors (Lipinski definition) is 1. The summed E-state index contributed by atoms with van der Waals surface area (Å²) in [7, 11) is 0. The van der Waals surface area contributed by atoms with Crippen LogP contribution < -0.4 is 10.1 Å². The molecule has 0 aromatic heterocycles. The van der Waals surface area contributed by atoms with Gasteiger partial charge in [-0.15, -0.1) is 0 Å². The second kappa shape index (κ2) is 4.51. The summed E-state index contributed by atoms with van der Waals surface area (Å²) < 4.78 is 5.64. The van der Waals surface area contributed by atoms with E-state index in [1.165, 1.54) is 0 Å². The molecular formula is C15H18N2O3. The molecule has 1 saturated heterocycles. The molecule has 1 aromatic carbocycles. The summed E-state index contributed by atoms with van der Waals surface area (Å²) in [5.41, 5.74) is 0.300. The van der Waals surface area contributed by atoms with Crippen LogP contribution in [0.15, 0.2) is 24.3 Å². The van der Waals surface area contributed by atoms with Crippen molar-refractivity contribution in [1.82, 2.24) is 10.2 Å². The first-order valence-electron chi connectivity index (χ1n) is 6.80. The van der Waals surface area contributed by atoms with Crippen molar-refractivity contribution in [3.05, 3.63) is 29.8 Å². The molecule has 2 amide bonds. The molecule has 0 aliphatic carbocycles. The lowest BCUT2D eigenvalue weighted by molar-refractivity contribution is -0.151. The molecule has 0 radical (unpaired) electrons. The molecule has 5 heteroatoms. The van der Waals surface area contributed by atoms with Gasteiger partial charge in [0.25, 0.3) is 0 Å². The van der Waals surface area contributed by atoms with Crippen LogP contribution in [0.3, 0.4) is 0 Å². The fraction of sp³-hybridized carbons (Fsp3) is 0.467. The number of fused-ring (bicyclic) bond motifs is 1. The monoisotopic (exact) mass is 274 g/mol. The third-order valence-corrected chi connectivity index (χ3v) is 4.13. The van der Waals surface area contributed by atoms with Crippen LogP contribution in [-0.4, -0.2) is 41.9 Å². The predicted octanol–water partition coefficient (Wildman–Crippen LogP) is 0.900. The molecule has 2 aliphatic heterocycles. The van der Waals surface area contributed by atoms with Crippen LogP contribution in [0.25, 0.3) is 0 Å². The average Bonchev–Trinajstić information content (AvgIpc) is 2.83. The summed E-state index contributed by atoms with van der Waals surface area (Å²) in [5.74, 6) is 0.854. The molecule has 20 heavy (non-hydrogen) atoms. The van der Waals surface area contributed by atoms with E-state index >= 15 is 0 Å². The predicted molar refractivity (Wildman–Crippen MR) is 73.5 cm³/mol. The van der Waals surface area contributed by atoms with Crippen LogP contribution in [0.1, 0.15) is 25.3 Å². The topological polar surface area (TPSA) is 58.6 Å². The van der Waals surface area contributed by atoms with Gasteiger partial charge in [0, 0.05) is 18.0 Å². The van der Waals surface area contributed by atoms with Gasteiger partial charge < -0.3 is 15.0 Å². The van der Waals surface area contributed by atoms with Crippen molar-refractivity contribution < 1.29 is 14.3 Å². The molecule has 2 heterocycles. The first-order valence-corrected chi connectivity index (χ1v) is 6.80. The maximum Gasteiger partial charge on any atom is 0.245 e. The first-order chi connectivity index (χ1) is 9.50. The maximum atomic E-state index is 12.1. The Morgan fingerprint density at radius 1 is 1.35 bits per heavy atom. The molecule has 1 aromatic rings. The van der Waals surface area contributed by atoms with Gasteiger partial charge in [-0.2, -0.15) is 0 Å². The first kappa shape index (κ1) is 13.0. The highest BCUT2D eigenvalue weighted by molar-refractivity contribution is 5.97. The van der Waals surface area contributed by atoms with Crippen LogP contribution in [0.4, 0.5) is 0 Å². The second-order valence-corrected chi connectivity index (χ2v) is 5.79. The fourth-order valence-electron chi connectivity index (χ4n) is 2.83. The second-order valence-electron chi connectivity index (χ2n) is 5.79. The molecule has 0 saturated carbocycles. The highest BCUT2D eigenvalue weighted by Gasteiger charge is 2.43. The Kier molecular flexibility index (Phi) is 2.92. The zero-order valence-corrected chi connectivity index (χ0v) is 11.7. The number of ether oxygens (including phenoxy) is 1. The standard InChI is InChI=1S/C15H18N2O3/c1-15(2)14(19)16-7-13(18)17(15)8-10-9-20-12-6-4-3-5-11(10)12/h3-6,10H,7-9H2,1-2H3,(H,16,19). The van der Waals surface area contributed by atoms with E-state index in [0.717, 1.165) is 11.3 Å². The summed E-state index contributed by atoms with van der Waals surface area (Å²) in [6.45, 7) is 4.71. The number of carbonyl (C=O) groups excluding carboxylic acids is 2. The van der Waals surface area contributed by atoms with Crippen molar-refractivity contribution in [3.8, 4) is 5.75 Å². The molecule has 106 valence electrons. The van der Waals surface area contributed by atoms with Gasteiger partial charge in [-0.3, -0.25) is 9.59 Å². The molecule has 3 rings (SSSR count). The number of piperazine rings is 1. The van der Waals surface area contributed by atoms with Gasteiger partial charge >= 0.3 is 0 Å². The van der Waals surface area contributed by atoms with Crippen molar-refractivity contribution in [2.45, 2.75) is 25.3 Å². The van der Waals surface area contributed by atoms with Gasteiger partial charge in [-0.25, -0.2) is 0 Å². The van der Waals surface area contributed by atoms with Gasteiger partial charge in [-0.05, 0) is 19.9 Å². The Morgan fingerprint density at radius 2 is 2.10 bits per heavy atom. The Morgan fingerprint density at radius 3 is 2.90 bits per heavy atom. The van der Waals surface area contributed by atoms with Crippen molar-refractivity contribution in [2.75, 3.05) is 19.7 Å². The Hall–Kier alpha value is -2.04. The number of nitrogens with zero attached hydrogens (tertiary/aromatic N) is 1. The van der Waals surface area contributed by atoms with E-state index in [4.69, 9.17) is 4.74 Å². The summed E-state index contributed by atoms with van der Waals surface area (Å²) in [6.07, 6.45) is 0. The SMILES string of the molecule is CC1(C)C(=O)NCC(=O)N1CC1COc2ccccc21. The molecule has 0 spiro atoms. The molecule has 1 atom stereocenters. The van der Waals surface area contributed by atoms with E-state index in [1.807, 2.05) is 24.3 Å². The molecule has 1 N–H and O–H groups in total. The van der Waals surface area contributed by atoms with Crippen LogP contribution in [0.5, 0.6) is 5.75 Å². The number of nitrogens with one attached hydrogen (secondary N) is 1. The summed E-state index contributed by atoms with van der Waals surface area (Å²) in [6, 6.07) is 7.86. The van der Waals surface area contributed by atoms with Crippen LogP contribution in [-0.2, 0) is 9.59 Å². The molecule has 5 nitrogen and oxygen atoms in total. The van der Waals surface area contributed by atoms with Crippen LogP contribution >= 0.6 is 0 Å². The average molecular weight is 274 g/mol. The highest BCUT2D eigenvalue weighted by atomic mass is 16.5. The number of para-hydroxylation sites is 1. The number of benzene rings is 1. The van der Waals surface area contributed by atoms with Crippen molar-refractivity contribution in [2.24, 2.45) is 0 Å². The molecular weight excluding hydrogens is 256 g/mol. The molecule has 2 aliphatic rings. The summed E-state index contributed by atoms with van der Waals surface area (Å²) in [4.78, 5) is 25.7. The van der Waals surface area contributed by atoms with E-state index in [1.54, 1.807) is 18.7 Å². The number of rotatable bonds is 2. The largest absolute Gasteiger partial charge is 0.493 e. The van der Waals surface area contributed by atoms with Gasteiger partial charge in [0.2, 0.25) is 11.8 Å². The van der Waals surface area contributed by atoms with Crippen molar-refractivity contribution in [1.29, 1.82) is 0 Å². The lowest BCUT2D eigenvalue weighted by atomic mass is 9.94. The zero-order chi connectivity index (χ0) is 14.3. The zero-order valence-electron chi connectivity index (χ0n) is 11.7. The van der Waals surface area contributed by atoms with Gasteiger partial charge in [0.15, 0.2) is 0 Å². The highest BCUT2D eigenvalue weighted by Crippen LogP contribution is 2.35. The minimum atomic E-state index is -0.813. The summed E-state index contributed by atoms with van der Waals surface area (Å²) >= 11 is 0. The number of carbonyl (C=O) groups is 2. The van der Waals surface area contributed by atoms with E-state index in [0.29, 0.717) is 13.2 Å². The summed E-state index contributed by atoms with van der Waals surface area (Å²) in [5, 5.41) is 2.63. The maximum absolute atomic E-state index is 12.1. The normalized spacial score (nSPS) is 24.1. The van der Waals surface area contributed by atoms with E-state index in [2.05, 4.69) is 5.32 Å². The Balaban J connectivity index is 1.84. The van der Waals surface area contributed by atoms with Gasteiger partial charge in [-0.1, -0.05) is 18.2 Å². The minimum absolute atomic E-state index is 0.0426. The molecule has 0 bridgehead atoms. The Labute approximate surface area is 117 Å². The van der Waals surface area contributed by atoms with Gasteiger partial charge in [0.1, 0.15) is 11.3 Å². The van der Waals surface area contributed by atoms with E-state index < -0.39 is 5.54 Å². The van der Waals surface area contributed by atoms with Crippen molar-refractivity contribution in [3.63, 3.8) is 0 Å². The third-order valence-electron chi connectivity index (χ3n) is 4.13. The quantitative estimate of drug-likeness (QED) is 0.871.